The molecular weight excluding hydrogens is 404 g/mol. The second-order valence-electron chi connectivity index (χ2n) is 7.28. The van der Waals surface area contributed by atoms with E-state index < -0.39 is 0 Å². The lowest BCUT2D eigenvalue weighted by atomic mass is 10.0. The summed E-state index contributed by atoms with van der Waals surface area (Å²) in [7, 11) is 0. The molecule has 2 aromatic carbocycles. The summed E-state index contributed by atoms with van der Waals surface area (Å²) in [6, 6.07) is 17.3. The van der Waals surface area contributed by atoms with Crippen molar-refractivity contribution in [1.82, 2.24) is 10.3 Å². The Morgan fingerprint density at radius 1 is 1.15 bits per heavy atom. The quantitative estimate of drug-likeness (QED) is 0.614. The standard InChI is InChI=1S/C22H21BrN2O2/c23-17-6-3-4-15(10-17)12-18(11-14-8-9-14)24-22(27)20-13-16-5-1-2-7-19(16)21(26)25-20/h1-7,10,13-14,18H,8-9,11-12H2,(H,24,27)(H,25,26). The third kappa shape index (κ3) is 4.48. The summed E-state index contributed by atoms with van der Waals surface area (Å²) in [4.78, 5) is 27.8. The fraction of sp³-hybridized carbons (Fsp3) is 0.273. The minimum Gasteiger partial charge on any atom is -0.348 e. The summed E-state index contributed by atoms with van der Waals surface area (Å²) < 4.78 is 1.04. The molecule has 5 heteroatoms. The number of amides is 1. The fourth-order valence-corrected chi connectivity index (χ4v) is 3.94. The first-order chi connectivity index (χ1) is 13.1. The van der Waals surface area contributed by atoms with Gasteiger partial charge < -0.3 is 10.3 Å². The van der Waals surface area contributed by atoms with Gasteiger partial charge in [-0.05, 0) is 54.0 Å². The zero-order valence-electron chi connectivity index (χ0n) is 14.9. The van der Waals surface area contributed by atoms with Crippen molar-refractivity contribution in [3.05, 3.63) is 80.7 Å². The fourth-order valence-electron chi connectivity index (χ4n) is 3.49. The number of pyridine rings is 1. The molecule has 2 N–H and O–H groups in total. The van der Waals surface area contributed by atoms with Gasteiger partial charge in [-0.2, -0.15) is 0 Å². The Kier molecular flexibility index (Phi) is 5.12. The minimum atomic E-state index is -0.232. The summed E-state index contributed by atoms with van der Waals surface area (Å²) in [6.45, 7) is 0. The van der Waals surface area contributed by atoms with Crippen molar-refractivity contribution in [2.24, 2.45) is 5.92 Å². The Bertz CT molecular complexity index is 1040. The van der Waals surface area contributed by atoms with Crippen molar-refractivity contribution in [1.29, 1.82) is 0 Å². The smallest absolute Gasteiger partial charge is 0.268 e. The molecule has 0 bridgehead atoms. The van der Waals surface area contributed by atoms with Gasteiger partial charge >= 0.3 is 0 Å². The number of rotatable bonds is 6. The van der Waals surface area contributed by atoms with E-state index in [1.807, 2.05) is 30.3 Å². The van der Waals surface area contributed by atoms with Gasteiger partial charge in [0.2, 0.25) is 0 Å². The van der Waals surface area contributed by atoms with Crippen LogP contribution in [0.4, 0.5) is 0 Å². The average Bonchev–Trinajstić information content (AvgIpc) is 3.45. The van der Waals surface area contributed by atoms with E-state index in [2.05, 4.69) is 38.4 Å². The maximum atomic E-state index is 12.8. The van der Waals surface area contributed by atoms with Gasteiger partial charge in [-0.15, -0.1) is 0 Å². The van der Waals surface area contributed by atoms with Crippen LogP contribution in [0.15, 0.2) is 63.9 Å². The highest BCUT2D eigenvalue weighted by Gasteiger charge is 2.27. The number of H-pyrrole nitrogens is 1. The van der Waals surface area contributed by atoms with Crippen LogP contribution in [-0.4, -0.2) is 16.9 Å². The number of carbonyl (C=O) groups is 1. The van der Waals surface area contributed by atoms with Crippen LogP contribution >= 0.6 is 15.9 Å². The predicted octanol–water partition coefficient (Wildman–Crippen LogP) is 4.43. The Morgan fingerprint density at radius 3 is 2.74 bits per heavy atom. The van der Waals surface area contributed by atoms with Crippen LogP contribution in [0, 0.1) is 5.92 Å². The largest absolute Gasteiger partial charge is 0.348 e. The first kappa shape index (κ1) is 18.0. The molecule has 4 rings (SSSR count). The van der Waals surface area contributed by atoms with Crippen LogP contribution < -0.4 is 10.9 Å². The predicted molar refractivity (Wildman–Crippen MR) is 111 cm³/mol. The molecule has 0 spiro atoms. The molecule has 1 aliphatic rings. The van der Waals surface area contributed by atoms with E-state index in [1.54, 1.807) is 12.1 Å². The van der Waals surface area contributed by atoms with Gasteiger partial charge in [0.25, 0.3) is 11.5 Å². The minimum absolute atomic E-state index is 0.0503. The molecule has 138 valence electrons. The van der Waals surface area contributed by atoms with Gasteiger partial charge in [-0.25, -0.2) is 0 Å². The van der Waals surface area contributed by atoms with Gasteiger partial charge in [-0.1, -0.05) is 59.1 Å². The molecule has 1 aromatic heterocycles. The third-order valence-corrected chi connectivity index (χ3v) is 5.51. The second-order valence-corrected chi connectivity index (χ2v) is 8.20. The molecule has 27 heavy (non-hydrogen) atoms. The molecule has 0 aliphatic heterocycles. The number of aromatic nitrogens is 1. The van der Waals surface area contributed by atoms with Crippen LogP contribution in [0.1, 0.15) is 35.3 Å². The molecule has 1 aliphatic carbocycles. The molecular formula is C22H21BrN2O2. The first-order valence-electron chi connectivity index (χ1n) is 9.26. The topological polar surface area (TPSA) is 62.0 Å². The monoisotopic (exact) mass is 424 g/mol. The van der Waals surface area contributed by atoms with Crippen LogP contribution in [-0.2, 0) is 6.42 Å². The van der Waals surface area contributed by atoms with E-state index in [1.165, 1.54) is 18.4 Å². The number of carbonyl (C=O) groups excluding carboxylic acids is 1. The van der Waals surface area contributed by atoms with E-state index in [0.29, 0.717) is 17.0 Å². The number of nitrogens with one attached hydrogen (secondary N) is 2. The number of aromatic amines is 1. The number of halogens is 1. The number of benzene rings is 2. The van der Waals surface area contributed by atoms with Crippen LogP contribution in [0.5, 0.6) is 0 Å². The summed E-state index contributed by atoms with van der Waals surface area (Å²) >= 11 is 3.51. The van der Waals surface area contributed by atoms with E-state index in [-0.39, 0.29) is 17.5 Å². The molecule has 0 radical (unpaired) electrons. The Balaban J connectivity index is 1.55. The first-order valence-corrected chi connectivity index (χ1v) is 10.0. The van der Waals surface area contributed by atoms with Crippen molar-refractivity contribution in [3.63, 3.8) is 0 Å². The van der Waals surface area contributed by atoms with E-state index >= 15 is 0 Å². The average molecular weight is 425 g/mol. The van der Waals surface area contributed by atoms with Gasteiger partial charge in [0.1, 0.15) is 5.69 Å². The van der Waals surface area contributed by atoms with Crippen LogP contribution in [0.3, 0.4) is 0 Å². The lowest BCUT2D eigenvalue weighted by Gasteiger charge is -2.19. The van der Waals surface area contributed by atoms with Crippen molar-refractivity contribution in [3.8, 4) is 0 Å². The molecule has 1 amide bonds. The van der Waals surface area contributed by atoms with Gasteiger partial charge in [0.05, 0.1) is 0 Å². The van der Waals surface area contributed by atoms with Crippen LogP contribution in [0.2, 0.25) is 0 Å². The molecule has 0 saturated heterocycles. The van der Waals surface area contributed by atoms with E-state index in [0.717, 1.165) is 22.7 Å². The van der Waals surface area contributed by atoms with E-state index in [4.69, 9.17) is 0 Å². The van der Waals surface area contributed by atoms with Crippen molar-refractivity contribution in [2.75, 3.05) is 0 Å². The second kappa shape index (κ2) is 7.69. The number of hydrogen-bond acceptors (Lipinski definition) is 2. The summed E-state index contributed by atoms with van der Waals surface area (Å²) in [6.07, 6.45) is 4.21. The van der Waals surface area contributed by atoms with Crippen molar-refractivity contribution in [2.45, 2.75) is 31.7 Å². The maximum absolute atomic E-state index is 12.8. The molecule has 1 unspecified atom stereocenters. The Morgan fingerprint density at radius 2 is 1.96 bits per heavy atom. The van der Waals surface area contributed by atoms with Crippen LogP contribution in [0.25, 0.3) is 10.8 Å². The lowest BCUT2D eigenvalue weighted by molar-refractivity contribution is 0.0928. The highest BCUT2D eigenvalue weighted by Crippen LogP contribution is 2.34. The third-order valence-electron chi connectivity index (χ3n) is 5.02. The molecule has 1 fully saturated rings. The molecule has 1 heterocycles. The lowest BCUT2D eigenvalue weighted by Crippen LogP contribution is -2.38. The highest BCUT2D eigenvalue weighted by atomic mass is 79.9. The van der Waals surface area contributed by atoms with Gasteiger partial charge in [0, 0.05) is 15.9 Å². The Hall–Kier alpha value is -2.40. The molecule has 1 saturated carbocycles. The van der Waals surface area contributed by atoms with Crippen molar-refractivity contribution >= 4 is 32.6 Å². The molecule has 1 atom stereocenters. The SMILES string of the molecule is O=C(NC(Cc1cccc(Br)c1)CC1CC1)c1cc2ccccc2c(=O)[nH]1. The maximum Gasteiger partial charge on any atom is 0.268 e. The highest BCUT2D eigenvalue weighted by molar-refractivity contribution is 9.10. The normalized spacial score (nSPS) is 14.9. The van der Waals surface area contributed by atoms with Gasteiger partial charge in [0.15, 0.2) is 0 Å². The molecule has 4 nitrogen and oxygen atoms in total. The zero-order chi connectivity index (χ0) is 18.8. The summed E-state index contributed by atoms with van der Waals surface area (Å²) in [5, 5.41) is 4.51. The number of fused-ring (bicyclic) bond motifs is 1. The number of hydrogen-bond donors (Lipinski definition) is 2. The van der Waals surface area contributed by atoms with E-state index in [9.17, 15) is 9.59 Å². The molecule has 3 aromatic rings. The zero-order valence-corrected chi connectivity index (χ0v) is 16.5. The van der Waals surface area contributed by atoms with Crippen molar-refractivity contribution < 1.29 is 4.79 Å². The summed E-state index contributed by atoms with van der Waals surface area (Å²) in [5.41, 5.74) is 1.26. The Labute approximate surface area is 166 Å². The summed E-state index contributed by atoms with van der Waals surface area (Å²) in [5.74, 6) is 0.469. The van der Waals surface area contributed by atoms with Gasteiger partial charge in [-0.3, -0.25) is 9.59 Å².